The van der Waals surface area contributed by atoms with E-state index in [0.29, 0.717) is 19.6 Å². The summed E-state index contributed by atoms with van der Waals surface area (Å²) in [5, 5.41) is 14.1. The predicted molar refractivity (Wildman–Crippen MR) is 79.3 cm³/mol. The Kier molecular flexibility index (Phi) is 6.30. The minimum absolute atomic E-state index is 0.301. The fraction of sp³-hybridized carbons (Fsp3) is 0.769. The highest BCUT2D eigenvalue weighted by molar-refractivity contribution is 8.00. The first-order valence-electron chi connectivity index (χ1n) is 6.77. The maximum absolute atomic E-state index is 11.9. The van der Waals surface area contributed by atoms with Crippen LogP contribution in [0.25, 0.3) is 0 Å². The molecule has 6 nitrogen and oxygen atoms in total. The zero-order valence-corrected chi connectivity index (χ0v) is 13.0. The average Bonchev–Trinajstić information content (AvgIpc) is 2.46. The third kappa shape index (κ3) is 4.12. The smallest absolute Gasteiger partial charge is 0.321 e. The maximum Gasteiger partial charge on any atom is 0.321 e. The zero-order valence-electron chi connectivity index (χ0n) is 12.2. The number of hydrogen-bond donors (Lipinski definition) is 2. The van der Waals surface area contributed by atoms with Gasteiger partial charge in [-0.2, -0.15) is 5.26 Å². The van der Waals surface area contributed by atoms with Gasteiger partial charge in [0.2, 0.25) is 5.91 Å². The van der Waals surface area contributed by atoms with Crippen LogP contribution < -0.4 is 10.6 Å². The summed E-state index contributed by atoms with van der Waals surface area (Å²) in [6.07, 6.45) is 3.43. The Morgan fingerprint density at radius 1 is 1.45 bits per heavy atom. The Morgan fingerprint density at radius 2 is 2.05 bits per heavy atom. The molecule has 0 saturated carbocycles. The van der Waals surface area contributed by atoms with Gasteiger partial charge in [-0.1, -0.05) is 0 Å². The van der Waals surface area contributed by atoms with Crippen molar-refractivity contribution in [2.24, 2.45) is 0 Å². The van der Waals surface area contributed by atoms with Crippen molar-refractivity contribution in [1.29, 1.82) is 5.26 Å². The molecule has 112 valence electrons. The monoisotopic (exact) mass is 298 g/mol. The third-order valence-corrected chi connectivity index (χ3v) is 4.98. The normalized spacial score (nSPS) is 19.7. The lowest BCUT2D eigenvalue weighted by molar-refractivity contribution is -0.125. The van der Waals surface area contributed by atoms with E-state index in [2.05, 4.69) is 16.7 Å². The molecule has 0 spiro atoms. The highest BCUT2D eigenvalue weighted by Crippen LogP contribution is 2.34. The lowest BCUT2D eigenvalue weighted by Gasteiger charge is -2.38. The summed E-state index contributed by atoms with van der Waals surface area (Å²) in [5.41, 5.74) is 0. The number of piperidine rings is 1. The fourth-order valence-electron chi connectivity index (χ4n) is 2.22. The van der Waals surface area contributed by atoms with Crippen molar-refractivity contribution in [2.45, 2.75) is 37.5 Å². The molecule has 0 radical (unpaired) electrons. The molecule has 1 fully saturated rings. The molecule has 2 N–H and O–H groups in total. The molecule has 0 aromatic rings. The quantitative estimate of drug-likeness (QED) is 0.807. The lowest BCUT2D eigenvalue weighted by atomic mass is 9.96. The summed E-state index contributed by atoms with van der Waals surface area (Å²) in [7, 11) is 0. The van der Waals surface area contributed by atoms with Gasteiger partial charge in [0.15, 0.2) is 0 Å². The standard InChI is InChI=1S/C13H22N4O2S/c1-4-15-12(19)16-11(18)10(2)17-7-5-13(9-14,20-3)6-8-17/h10H,4-8H2,1-3H3,(H2,15,16,18,19). The van der Waals surface area contributed by atoms with Gasteiger partial charge in [-0.05, 0) is 32.9 Å². The maximum atomic E-state index is 11.9. The zero-order chi connectivity index (χ0) is 15.2. The second-order valence-electron chi connectivity index (χ2n) is 4.87. The molecule has 0 aliphatic carbocycles. The van der Waals surface area contributed by atoms with Crippen molar-refractivity contribution in [1.82, 2.24) is 15.5 Å². The van der Waals surface area contributed by atoms with Crippen LogP contribution in [0.5, 0.6) is 0 Å². The molecular formula is C13H22N4O2S. The molecule has 0 aromatic carbocycles. The summed E-state index contributed by atoms with van der Waals surface area (Å²) in [6.45, 7) is 5.45. The van der Waals surface area contributed by atoms with E-state index < -0.39 is 6.03 Å². The van der Waals surface area contributed by atoms with E-state index in [4.69, 9.17) is 0 Å². The van der Waals surface area contributed by atoms with Crippen LogP contribution in [-0.4, -0.2) is 53.5 Å². The van der Waals surface area contributed by atoms with E-state index in [1.165, 1.54) is 0 Å². The number of nitriles is 1. The van der Waals surface area contributed by atoms with Crippen molar-refractivity contribution in [2.75, 3.05) is 25.9 Å². The van der Waals surface area contributed by atoms with Crippen molar-refractivity contribution >= 4 is 23.7 Å². The molecule has 20 heavy (non-hydrogen) atoms. The number of rotatable bonds is 4. The third-order valence-electron chi connectivity index (χ3n) is 3.70. The molecule has 1 heterocycles. The summed E-state index contributed by atoms with van der Waals surface area (Å²) in [6, 6.07) is 1.55. The van der Waals surface area contributed by atoms with E-state index >= 15 is 0 Å². The Labute approximate surface area is 124 Å². The Balaban J connectivity index is 2.50. The van der Waals surface area contributed by atoms with Crippen LogP contribution in [0.4, 0.5) is 4.79 Å². The van der Waals surface area contributed by atoms with E-state index in [9.17, 15) is 14.9 Å². The number of hydrogen-bond acceptors (Lipinski definition) is 5. The fourth-order valence-corrected chi connectivity index (χ4v) is 2.90. The number of carbonyl (C=O) groups is 2. The number of nitrogens with one attached hydrogen (secondary N) is 2. The van der Waals surface area contributed by atoms with Crippen LogP contribution >= 0.6 is 11.8 Å². The van der Waals surface area contributed by atoms with Crippen LogP contribution in [-0.2, 0) is 4.79 Å². The van der Waals surface area contributed by atoms with Crippen LogP contribution in [0.3, 0.4) is 0 Å². The van der Waals surface area contributed by atoms with Gasteiger partial charge in [-0.25, -0.2) is 4.79 Å². The summed E-state index contributed by atoms with van der Waals surface area (Å²) >= 11 is 1.58. The van der Waals surface area contributed by atoms with Crippen molar-refractivity contribution in [3.63, 3.8) is 0 Å². The second kappa shape index (κ2) is 7.50. The van der Waals surface area contributed by atoms with Gasteiger partial charge in [0, 0.05) is 19.6 Å². The van der Waals surface area contributed by atoms with Crippen LogP contribution in [0.1, 0.15) is 26.7 Å². The van der Waals surface area contributed by atoms with Crippen LogP contribution in [0, 0.1) is 11.3 Å². The molecule has 1 atom stereocenters. The summed E-state index contributed by atoms with van der Waals surface area (Å²) in [5.74, 6) is -0.301. The Bertz CT molecular complexity index is 400. The molecule has 1 unspecified atom stereocenters. The SMILES string of the molecule is CCNC(=O)NC(=O)C(C)N1CCC(C#N)(SC)CC1. The first-order chi connectivity index (χ1) is 9.48. The number of carbonyl (C=O) groups excluding carboxylic acids is 2. The van der Waals surface area contributed by atoms with E-state index in [0.717, 1.165) is 12.8 Å². The molecular weight excluding hydrogens is 276 g/mol. The topological polar surface area (TPSA) is 85.2 Å². The van der Waals surface area contributed by atoms with Gasteiger partial charge < -0.3 is 5.32 Å². The van der Waals surface area contributed by atoms with Crippen LogP contribution in [0.2, 0.25) is 0 Å². The lowest BCUT2D eigenvalue weighted by Crippen LogP contribution is -2.53. The van der Waals surface area contributed by atoms with Gasteiger partial charge in [-0.15, -0.1) is 11.8 Å². The minimum atomic E-state index is -0.461. The molecule has 0 aromatic heterocycles. The molecule has 1 rings (SSSR count). The van der Waals surface area contributed by atoms with Crippen molar-refractivity contribution in [3.8, 4) is 6.07 Å². The van der Waals surface area contributed by atoms with Gasteiger partial charge in [0.25, 0.3) is 0 Å². The average molecular weight is 298 g/mol. The van der Waals surface area contributed by atoms with Gasteiger partial charge in [0.1, 0.15) is 4.75 Å². The van der Waals surface area contributed by atoms with E-state index in [1.54, 1.807) is 25.6 Å². The van der Waals surface area contributed by atoms with Gasteiger partial charge in [0.05, 0.1) is 12.1 Å². The number of thioether (sulfide) groups is 1. The van der Waals surface area contributed by atoms with Gasteiger partial charge in [-0.3, -0.25) is 15.0 Å². The minimum Gasteiger partial charge on any atom is -0.338 e. The number of amides is 3. The number of urea groups is 1. The molecule has 1 saturated heterocycles. The van der Waals surface area contributed by atoms with Crippen molar-refractivity contribution < 1.29 is 9.59 Å². The summed E-state index contributed by atoms with van der Waals surface area (Å²) in [4.78, 5) is 25.3. The highest BCUT2D eigenvalue weighted by Gasteiger charge is 2.36. The number of nitrogens with zero attached hydrogens (tertiary/aromatic N) is 2. The van der Waals surface area contributed by atoms with Gasteiger partial charge >= 0.3 is 6.03 Å². The predicted octanol–water partition coefficient (Wildman–Crippen LogP) is 0.942. The Morgan fingerprint density at radius 3 is 2.50 bits per heavy atom. The molecule has 1 aliphatic rings. The number of imide groups is 1. The Hall–Kier alpha value is -1.26. The highest BCUT2D eigenvalue weighted by atomic mass is 32.2. The van der Waals surface area contributed by atoms with E-state index in [1.807, 2.05) is 11.2 Å². The van der Waals surface area contributed by atoms with Crippen LogP contribution in [0.15, 0.2) is 0 Å². The first kappa shape index (κ1) is 16.8. The second-order valence-corrected chi connectivity index (χ2v) is 6.06. The molecule has 3 amide bonds. The van der Waals surface area contributed by atoms with E-state index in [-0.39, 0.29) is 16.7 Å². The van der Waals surface area contributed by atoms with Crippen molar-refractivity contribution in [3.05, 3.63) is 0 Å². The summed E-state index contributed by atoms with van der Waals surface area (Å²) < 4.78 is -0.327. The largest absolute Gasteiger partial charge is 0.338 e. The first-order valence-corrected chi connectivity index (χ1v) is 7.99. The molecule has 0 bridgehead atoms. The number of likely N-dealkylation sites (tertiary alicyclic amines) is 1. The molecule has 7 heteroatoms. The molecule has 1 aliphatic heterocycles.